The van der Waals surface area contributed by atoms with E-state index in [1.807, 2.05) is 6.07 Å². The van der Waals surface area contributed by atoms with E-state index >= 15 is 0 Å². The van der Waals surface area contributed by atoms with Crippen molar-refractivity contribution in [3.8, 4) is 10.4 Å². The van der Waals surface area contributed by atoms with Gasteiger partial charge in [-0.25, -0.2) is 22.9 Å². The number of benzene rings is 2. The van der Waals surface area contributed by atoms with Crippen molar-refractivity contribution in [3.63, 3.8) is 0 Å². The minimum absolute atomic E-state index is 0.0271. The molecule has 0 aliphatic heterocycles. The smallest absolute Gasteiger partial charge is 0.308 e. The van der Waals surface area contributed by atoms with Gasteiger partial charge in [-0.3, -0.25) is 0 Å². The van der Waals surface area contributed by atoms with Crippen molar-refractivity contribution >= 4 is 38.8 Å². The number of hydrogen-bond donors (Lipinski definition) is 3. The van der Waals surface area contributed by atoms with Crippen LogP contribution in [0, 0.1) is 0 Å². The molecule has 7 nitrogen and oxygen atoms in total. The van der Waals surface area contributed by atoms with Crippen molar-refractivity contribution in [2.75, 3.05) is 17.2 Å². The van der Waals surface area contributed by atoms with Crippen LogP contribution < -0.4 is 15.4 Å². The SMILES string of the molecule is O=C(Nc1ccccc1)Nc1ccc(-c2cnc(CCNS(=O)(=O)C(F)(F)F)s2)cc1. The molecule has 0 atom stereocenters. The van der Waals surface area contributed by atoms with Crippen LogP contribution in [0.15, 0.2) is 60.8 Å². The first-order valence-corrected chi connectivity index (χ1v) is 11.2. The Kier molecular flexibility index (Phi) is 6.93. The average molecular weight is 470 g/mol. The maximum absolute atomic E-state index is 12.3. The lowest BCUT2D eigenvalue weighted by Crippen LogP contribution is -2.37. The Morgan fingerprint density at radius 1 is 0.968 bits per heavy atom. The van der Waals surface area contributed by atoms with Gasteiger partial charge in [0.25, 0.3) is 0 Å². The fourth-order valence-corrected chi connectivity index (χ4v) is 3.92. The van der Waals surface area contributed by atoms with Crippen molar-refractivity contribution in [2.24, 2.45) is 0 Å². The zero-order valence-corrected chi connectivity index (χ0v) is 17.4. The van der Waals surface area contributed by atoms with Crippen LogP contribution in [0.1, 0.15) is 5.01 Å². The normalized spacial score (nSPS) is 11.8. The molecule has 0 radical (unpaired) electrons. The van der Waals surface area contributed by atoms with Crippen molar-refractivity contribution < 1.29 is 26.4 Å². The standard InChI is InChI=1S/C19H17F3N4O3S2/c20-19(21,22)31(28,29)24-11-10-17-23-12-16(30-17)13-6-8-15(9-7-13)26-18(27)25-14-4-2-1-3-5-14/h1-9,12,24H,10-11H2,(H2,25,26,27). The summed E-state index contributed by atoms with van der Waals surface area (Å²) >= 11 is 1.24. The number of para-hydroxylation sites is 1. The van der Waals surface area contributed by atoms with Crippen LogP contribution in [-0.4, -0.2) is 31.5 Å². The number of sulfonamides is 1. The highest BCUT2D eigenvalue weighted by Gasteiger charge is 2.45. The first kappa shape index (κ1) is 22.7. The molecule has 2 amide bonds. The zero-order chi connectivity index (χ0) is 22.5. The Morgan fingerprint density at radius 2 is 1.58 bits per heavy atom. The predicted octanol–water partition coefficient (Wildman–Crippen LogP) is 4.44. The number of anilines is 2. The maximum atomic E-state index is 12.3. The van der Waals surface area contributed by atoms with Crippen LogP contribution in [0.3, 0.4) is 0 Å². The molecule has 1 aromatic heterocycles. The maximum Gasteiger partial charge on any atom is 0.511 e. The molecule has 0 aliphatic rings. The zero-order valence-electron chi connectivity index (χ0n) is 15.8. The molecule has 0 unspecified atom stereocenters. The summed E-state index contributed by atoms with van der Waals surface area (Å²) in [5.74, 6) is 0. The largest absolute Gasteiger partial charge is 0.511 e. The lowest BCUT2D eigenvalue weighted by molar-refractivity contribution is -0.0447. The Hall–Kier alpha value is -2.96. The van der Waals surface area contributed by atoms with Gasteiger partial charge < -0.3 is 10.6 Å². The number of alkyl halides is 3. The highest BCUT2D eigenvalue weighted by Crippen LogP contribution is 2.28. The van der Waals surface area contributed by atoms with Crippen LogP contribution >= 0.6 is 11.3 Å². The van der Waals surface area contributed by atoms with Crippen molar-refractivity contribution in [2.45, 2.75) is 11.9 Å². The van der Waals surface area contributed by atoms with E-state index in [0.29, 0.717) is 16.4 Å². The van der Waals surface area contributed by atoms with Crippen LogP contribution in [0.25, 0.3) is 10.4 Å². The van der Waals surface area contributed by atoms with Gasteiger partial charge >= 0.3 is 21.6 Å². The molecule has 0 bridgehead atoms. The summed E-state index contributed by atoms with van der Waals surface area (Å²) in [4.78, 5) is 16.9. The summed E-state index contributed by atoms with van der Waals surface area (Å²) in [6, 6.07) is 15.5. The third-order valence-corrected chi connectivity index (χ3v) is 6.25. The number of amides is 2. The molecule has 0 aliphatic carbocycles. The van der Waals surface area contributed by atoms with Gasteiger partial charge in [0.15, 0.2) is 0 Å². The first-order chi connectivity index (χ1) is 14.6. The van der Waals surface area contributed by atoms with E-state index in [1.54, 1.807) is 54.7 Å². The van der Waals surface area contributed by atoms with Crippen LogP contribution in [0.2, 0.25) is 0 Å². The second kappa shape index (κ2) is 9.45. The molecular formula is C19H17F3N4O3S2. The number of carbonyl (C=O) groups is 1. The fourth-order valence-electron chi connectivity index (χ4n) is 2.47. The van der Waals surface area contributed by atoms with E-state index in [-0.39, 0.29) is 12.5 Å². The second-order valence-electron chi connectivity index (χ2n) is 6.23. The summed E-state index contributed by atoms with van der Waals surface area (Å²) in [5.41, 5.74) is -3.31. The first-order valence-electron chi connectivity index (χ1n) is 8.88. The Bertz CT molecular complexity index is 1130. The molecule has 3 aromatic rings. The van der Waals surface area contributed by atoms with Gasteiger partial charge in [-0.1, -0.05) is 30.3 Å². The van der Waals surface area contributed by atoms with Gasteiger partial charge in [0.2, 0.25) is 0 Å². The highest BCUT2D eigenvalue weighted by molar-refractivity contribution is 7.90. The summed E-state index contributed by atoms with van der Waals surface area (Å²) in [6.45, 7) is -0.409. The van der Waals surface area contributed by atoms with E-state index in [1.165, 1.54) is 16.1 Å². The number of rotatable bonds is 7. The van der Waals surface area contributed by atoms with Crippen LogP contribution in [0.5, 0.6) is 0 Å². The summed E-state index contributed by atoms with van der Waals surface area (Å²) in [5, 5.41) is 5.90. The third-order valence-electron chi connectivity index (χ3n) is 3.95. The molecule has 3 rings (SSSR count). The molecule has 1 heterocycles. The van der Waals surface area contributed by atoms with Crippen molar-refractivity contribution in [3.05, 3.63) is 65.8 Å². The van der Waals surface area contributed by atoms with Crippen molar-refractivity contribution in [1.82, 2.24) is 9.71 Å². The van der Waals surface area contributed by atoms with Gasteiger partial charge in [0.1, 0.15) is 0 Å². The number of thiazole rings is 1. The monoisotopic (exact) mass is 470 g/mol. The molecule has 2 aromatic carbocycles. The Labute approximate surface area is 180 Å². The van der Waals surface area contributed by atoms with Crippen molar-refractivity contribution in [1.29, 1.82) is 0 Å². The number of aromatic nitrogens is 1. The molecule has 31 heavy (non-hydrogen) atoms. The molecule has 0 spiro atoms. The lowest BCUT2D eigenvalue weighted by atomic mass is 10.2. The van der Waals surface area contributed by atoms with Gasteiger partial charge in [0, 0.05) is 30.5 Å². The van der Waals surface area contributed by atoms with Gasteiger partial charge in [0.05, 0.1) is 9.88 Å². The number of urea groups is 1. The second-order valence-corrected chi connectivity index (χ2v) is 9.11. The predicted molar refractivity (Wildman–Crippen MR) is 113 cm³/mol. The van der Waals surface area contributed by atoms with Gasteiger partial charge in [-0.05, 0) is 29.8 Å². The van der Waals surface area contributed by atoms with E-state index < -0.39 is 22.1 Å². The average Bonchev–Trinajstić information content (AvgIpc) is 3.17. The summed E-state index contributed by atoms with van der Waals surface area (Å²) < 4.78 is 60.4. The van der Waals surface area contributed by atoms with Crippen LogP contribution in [-0.2, 0) is 16.4 Å². The molecule has 0 fully saturated rings. The molecule has 164 valence electrons. The Morgan fingerprint density at radius 3 is 2.19 bits per heavy atom. The minimum Gasteiger partial charge on any atom is -0.308 e. The van der Waals surface area contributed by atoms with Gasteiger partial charge in [-0.2, -0.15) is 13.2 Å². The Balaban J connectivity index is 1.54. The quantitative estimate of drug-likeness (QED) is 0.475. The third kappa shape index (κ3) is 6.26. The molecule has 0 saturated heterocycles. The van der Waals surface area contributed by atoms with E-state index in [4.69, 9.17) is 0 Å². The lowest BCUT2D eigenvalue weighted by Gasteiger charge is -2.08. The fraction of sp³-hybridized carbons (Fsp3) is 0.158. The number of halogens is 3. The van der Waals surface area contributed by atoms with E-state index in [0.717, 1.165) is 10.4 Å². The summed E-state index contributed by atoms with van der Waals surface area (Å²) in [7, 11) is -5.36. The molecule has 12 heteroatoms. The van der Waals surface area contributed by atoms with Crippen LogP contribution in [0.4, 0.5) is 29.3 Å². The number of nitrogens with one attached hydrogen (secondary N) is 3. The highest BCUT2D eigenvalue weighted by atomic mass is 32.2. The minimum atomic E-state index is -5.36. The number of nitrogens with zero attached hydrogens (tertiary/aromatic N) is 1. The molecule has 0 saturated carbocycles. The van der Waals surface area contributed by atoms with Gasteiger partial charge in [-0.15, -0.1) is 11.3 Å². The van der Waals surface area contributed by atoms with E-state index in [9.17, 15) is 26.4 Å². The summed E-state index contributed by atoms with van der Waals surface area (Å²) in [6.07, 6.45) is 1.59. The molecular weight excluding hydrogens is 453 g/mol. The number of hydrogen-bond acceptors (Lipinski definition) is 5. The topological polar surface area (TPSA) is 100 Å². The van der Waals surface area contributed by atoms with E-state index in [2.05, 4.69) is 15.6 Å². The molecule has 3 N–H and O–H groups in total. The number of carbonyl (C=O) groups excluding carboxylic acids is 1.